The highest BCUT2D eigenvalue weighted by Crippen LogP contribution is 2.38. The van der Waals surface area contributed by atoms with Crippen molar-refractivity contribution in [2.75, 3.05) is 12.4 Å². The number of hydrogen-bond acceptors (Lipinski definition) is 7. The molecule has 0 saturated heterocycles. The lowest BCUT2D eigenvalue weighted by atomic mass is 9.85. The third kappa shape index (κ3) is 4.41. The first-order valence-electron chi connectivity index (χ1n) is 11.7. The molecule has 1 aliphatic carbocycles. The number of rotatable bonds is 6. The van der Waals surface area contributed by atoms with Crippen molar-refractivity contribution in [2.45, 2.75) is 24.9 Å². The lowest BCUT2D eigenvalue weighted by Crippen LogP contribution is -2.43. The topological polar surface area (TPSA) is 99.8 Å². The number of pyridine rings is 1. The summed E-state index contributed by atoms with van der Waals surface area (Å²) in [7, 11) is 1.58. The first-order chi connectivity index (χ1) is 18.0. The Balaban J connectivity index is 1.34. The molecule has 2 atom stereocenters. The number of methoxy groups -OCH3 is 1. The molecule has 37 heavy (non-hydrogen) atoms. The molecule has 3 aromatic heterocycles. The summed E-state index contributed by atoms with van der Waals surface area (Å²) >= 11 is 12.3. The minimum absolute atomic E-state index is 0.0269. The fraction of sp³-hybridized carbons (Fsp3) is 0.192. The zero-order chi connectivity index (χ0) is 25.5. The Hall–Kier alpha value is -3.95. The molecule has 11 heteroatoms. The molecule has 0 aliphatic heterocycles. The average Bonchev–Trinajstić information content (AvgIpc) is 3.33. The van der Waals surface area contributed by atoms with Gasteiger partial charge >= 0.3 is 0 Å². The van der Waals surface area contributed by atoms with Gasteiger partial charge in [0, 0.05) is 46.3 Å². The standard InChI is InChI=1S/C26H21Cl2N7O2/c1-37-24-13-34(23-7-5-20(23)31-16-3-4-19-21(11-16)30-9-8-29-19)26(36)12-18(24)17-10-15(27)2-6-22(17)35-14-25(28)32-33-35/h2-4,6,8-14,20,23,31H,5,7H2,1H3. The summed E-state index contributed by atoms with van der Waals surface area (Å²) < 4.78 is 9.02. The molecule has 0 bridgehead atoms. The second kappa shape index (κ2) is 9.49. The highest BCUT2D eigenvalue weighted by atomic mass is 35.5. The number of nitrogens with zero attached hydrogens (tertiary/aromatic N) is 6. The van der Waals surface area contributed by atoms with E-state index < -0.39 is 0 Å². The fourth-order valence-electron chi connectivity index (χ4n) is 4.70. The van der Waals surface area contributed by atoms with Crippen molar-refractivity contribution in [3.63, 3.8) is 0 Å². The summed E-state index contributed by atoms with van der Waals surface area (Å²) in [6.07, 6.45) is 8.51. The molecule has 0 radical (unpaired) electrons. The van der Waals surface area contributed by atoms with Crippen molar-refractivity contribution in [3.8, 4) is 22.6 Å². The molecule has 9 nitrogen and oxygen atoms in total. The summed E-state index contributed by atoms with van der Waals surface area (Å²) in [6, 6.07) is 12.8. The predicted octanol–water partition coefficient (Wildman–Crippen LogP) is 5.17. The second-order valence-electron chi connectivity index (χ2n) is 8.80. The normalized spacial score (nSPS) is 16.9. The van der Waals surface area contributed by atoms with Crippen molar-refractivity contribution in [2.24, 2.45) is 0 Å². The van der Waals surface area contributed by atoms with Crippen molar-refractivity contribution in [1.29, 1.82) is 0 Å². The molecule has 2 aromatic carbocycles. The largest absolute Gasteiger partial charge is 0.495 e. The van der Waals surface area contributed by atoms with Gasteiger partial charge in [-0.25, -0.2) is 4.68 Å². The molecule has 1 saturated carbocycles. The van der Waals surface area contributed by atoms with Gasteiger partial charge in [0.1, 0.15) is 5.75 Å². The first kappa shape index (κ1) is 23.4. The molecular weight excluding hydrogens is 513 g/mol. The van der Waals surface area contributed by atoms with E-state index >= 15 is 0 Å². The van der Waals surface area contributed by atoms with Crippen molar-refractivity contribution in [1.82, 2.24) is 29.5 Å². The van der Waals surface area contributed by atoms with Gasteiger partial charge in [0.25, 0.3) is 5.56 Å². The quantitative estimate of drug-likeness (QED) is 0.321. The minimum Gasteiger partial charge on any atom is -0.495 e. The van der Waals surface area contributed by atoms with Gasteiger partial charge in [-0.1, -0.05) is 28.4 Å². The Bertz CT molecular complexity index is 1680. The van der Waals surface area contributed by atoms with Crippen LogP contribution in [-0.4, -0.2) is 42.7 Å². The van der Waals surface area contributed by atoms with Crippen molar-refractivity contribution < 1.29 is 4.74 Å². The Morgan fingerprint density at radius 2 is 1.81 bits per heavy atom. The van der Waals surface area contributed by atoms with Crippen molar-refractivity contribution in [3.05, 3.63) is 87.8 Å². The van der Waals surface area contributed by atoms with Gasteiger partial charge in [-0.3, -0.25) is 14.8 Å². The highest BCUT2D eigenvalue weighted by molar-refractivity contribution is 6.31. The number of nitrogens with one attached hydrogen (secondary N) is 1. The van der Waals surface area contributed by atoms with Gasteiger partial charge in [0.15, 0.2) is 5.15 Å². The van der Waals surface area contributed by atoms with Gasteiger partial charge in [-0.05, 0) is 49.2 Å². The Labute approximate surface area is 221 Å². The summed E-state index contributed by atoms with van der Waals surface area (Å²) in [4.78, 5) is 22.1. The van der Waals surface area contributed by atoms with Crippen LogP contribution in [0, 0.1) is 0 Å². The third-order valence-electron chi connectivity index (χ3n) is 6.64. The van der Waals surface area contributed by atoms with E-state index in [1.54, 1.807) is 65.4 Å². The lowest BCUT2D eigenvalue weighted by Gasteiger charge is -2.39. The Morgan fingerprint density at radius 1 is 0.973 bits per heavy atom. The Kier molecular flexibility index (Phi) is 6.02. The fourth-order valence-corrected chi connectivity index (χ4v) is 5.00. The summed E-state index contributed by atoms with van der Waals surface area (Å²) in [5.41, 5.74) is 4.40. The van der Waals surface area contributed by atoms with E-state index in [0.717, 1.165) is 29.6 Å². The van der Waals surface area contributed by atoms with E-state index in [1.165, 1.54) is 0 Å². The van der Waals surface area contributed by atoms with Gasteiger partial charge < -0.3 is 14.6 Å². The van der Waals surface area contributed by atoms with E-state index in [9.17, 15) is 4.79 Å². The molecule has 1 aliphatic rings. The van der Waals surface area contributed by atoms with Crippen LogP contribution in [0.1, 0.15) is 18.9 Å². The lowest BCUT2D eigenvalue weighted by molar-refractivity contribution is 0.267. The molecule has 6 rings (SSSR count). The summed E-state index contributed by atoms with van der Waals surface area (Å²) in [5, 5.41) is 12.2. The smallest absolute Gasteiger partial charge is 0.251 e. The maximum atomic E-state index is 13.4. The van der Waals surface area contributed by atoms with E-state index in [4.69, 9.17) is 27.9 Å². The van der Waals surface area contributed by atoms with Crippen LogP contribution in [0.4, 0.5) is 5.69 Å². The molecule has 1 fully saturated rings. The minimum atomic E-state index is -0.140. The summed E-state index contributed by atoms with van der Waals surface area (Å²) in [6.45, 7) is 0. The van der Waals surface area contributed by atoms with E-state index in [1.807, 2.05) is 18.2 Å². The van der Waals surface area contributed by atoms with Gasteiger partial charge in [-0.15, -0.1) is 5.10 Å². The van der Waals surface area contributed by atoms with Gasteiger partial charge in [-0.2, -0.15) is 0 Å². The van der Waals surface area contributed by atoms with E-state index in [-0.39, 0.29) is 22.8 Å². The van der Waals surface area contributed by atoms with Crippen LogP contribution in [0.15, 0.2) is 72.0 Å². The summed E-state index contributed by atoms with van der Waals surface area (Å²) in [5.74, 6) is 0.543. The number of anilines is 1. The molecule has 2 unspecified atom stereocenters. The van der Waals surface area contributed by atoms with Crippen LogP contribution in [0.5, 0.6) is 5.75 Å². The maximum absolute atomic E-state index is 13.4. The number of fused-ring (bicyclic) bond motifs is 1. The third-order valence-corrected chi connectivity index (χ3v) is 7.05. The zero-order valence-electron chi connectivity index (χ0n) is 19.7. The van der Waals surface area contributed by atoms with Crippen LogP contribution < -0.4 is 15.6 Å². The monoisotopic (exact) mass is 533 g/mol. The van der Waals surface area contributed by atoms with Crippen LogP contribution in [0.3, 0.4) is 0 Å². The van der Waals surface area contributed by atoms with Crippen LogP contribution in [0.25, 0.3) is 27.8 Å². The molecular formula is C26H21Cl2N7O2. The second-order valence-corrected chi connectivity index (χ2v) is 9.63. The molecule has 1 N–H and O–H groups in total. The number of ether oxygens (including phenoxy) is 1. The predicted molar refractivity (Wildman–Crippen MR) is 143 cm³/mol. The van der Waals surface area contributed by atoms with E-state index in [0.29, 0.717) is 27.6 Å². The first-order valence-corrected chi connectivity index (χ1v) is 12.4. The van der Waals surface area contributed by atoms with Gasteiger partial charge in [0.05, 0.1) is 42.3 Å². The maximum Gasteiger partial charge on any atom is 0.251 e. The highest BCUT2D eigenvalue weighted by Gasteiger charge is 2.33. The van der Waals surface area contributed by atoms with E-state index in [2.05, 4.69) is 25.6 Å². The molecule has 5 aromatic rings. The number of hydrogen-bond donors (Lipinski definition) is 1. The number of aromatic nitrogens is 6. The van der Waals surface area contributed by atoms with Crippen LogP contribution in [0.2, 0.25) is 10.2 Å². The molecule has 186 valence electrons. The van der Waals surface area contributed by atoms with Crippen molar-refractivity contribution >= 4 is 39.9 Å². The van der Waals surface area contributed by atoms with Crippen LogP contribution >= 0.6 is 23.2 Å². The molecule has 0 amide bonds. The van der Waals surface area contributed by atoms with Gasteiger partial charge in [0.2, 0.25) is 0 Å². The number of halogens is 2. The number of benzene rings is 2. The average molecular weight is 534 g/mol. The molecule has 0 spiro atoms. The SMILES string of the molecule is COc1cn(C2CCC2Nc2ccc3nccnc3c2)c(=O)cc1-c1cc(Cl)ccc1-n1cc(Cl)nn1. The Morgan fingerprint density at radius 3 is 2.54 bits per heavy atom. The molecule has 3 heterocycles. The van der Waals surface area contributed by atoms with Crippen LogP contribution in [-0.2, 0) is 0 Å². The zero-order valence-corrected chi connectivity index (χ0v) is 21.2.